The summed E-state index contributed by atoms with van der Waals surface area (Å²) in [5.41, 5.74) is 0.160. The van der Waals surface area contributed by atoms with E-state index in [9.17, 15) is 24.6 Å². The van der Waals surface area contributed by atoms with Gasteiger partial charge in [-0.05, 0) is 17.4 Å². The maximum atomic E-state index is 12.5. The topological polar surface area (TPSA) is 115 Å². The van der Waals surface area contributed by atoms with Crippen LogP contribution < -0.4 is 10.6 Å². The van der Waals surface area contributed by atoms with Crippen molar-refractivity contribution in [2.45, 2.75) is 39.3 Å². The van der Waals surface area contributed by atoms with E-state index in [2.05, 4.69) is 10.6 Å². The maximum Gasteiger partial charge on any atom is 0.326 e. The van der Waals surface area contributed by atoms with Crippen molar-refractivity contribution in [3.05, 3.63) is 35.9 Å². The highest BCUT2D eigenvalue weighted by Crippen LogP contribution is 2.22. The lowest BCUT2D eigenvalue weighted by Crippen LogP contribution is -2.48. The highest BCUT2D eigenvalue weighted by Gasteiger charge is 2.30. The van der Waals surface area contributed by atoms with Crippen LogP contribution in [0.15, 0.2) is 30.3 Å². The number of carbonyl (C=O) groups excluding carboxylic acids is 2. The Kier molecular flexibility index (Phi) is 6.91. The van der Waals surface area contributed by atoms with Crippen molar-refractivity contribution in [1.29, 1.82) is 0 Å². The molecule has 0 aromatic heterocycles. The van der Waals surface area contributed by atoms with Gasteiger partial charge in [-0.2, -0.15) is 0 Å². The summed E-state index contributed by atoms with van der Waals surface area (Å²) in [5, 5.41) is 24.8. The lowest BCUT2D eigenvalue weighted by Gasteiger charge is -2.26. The molecule has 7 nitrogen and oxygen atoms in total. The summed E-state index contributed by atoms with van der Waals surface area (Å²) < 4.78 is 0. The smallest absolute Gasteiger partial charge is 0.326 e. The molecule has 0 saturated carbocycles. The number of hydrogen-bond donors (Lipinski definition) is 3. The molecule has 0 heterocycles. The number of carbonyl (C=O) groups is 3. The predicted octanol–water partition coefficient (Wildman–Crippen LogP) is 1.28. The van der Waals surface area contributed by atoms with Gasteiger partial charge in [0.05, 0.1) is 0 Å². The van der Waals surface area contributed by atoms with Gasteiger partial charge < -0.3 is 15.7 Å². The van der Waals surface area contributed by atoms with Crippen LogP contribution in [0.5, 0.6) is 0 Å². The summed E-state index contributed by atoms with van der Waals surface area (Å²) >= 11 is 0. The third-order valence-electron chi connectivity index (χ3n) is 3.26. The average Bonchev–Trinajstić information content (AvgIpc) is 2.51. The Bertz CT molecular complexity index is 580. The zero-order valence-electron chi connectivity index (χ0n) is 14.0. The van der Waals surface area contributed by atoms with Gasteiger partial charge in [-0.1, -0.05) is 51.1 Å². The summed E-state index contributed by atoms with van der Waals surface area (Å²) in [6.07, 6.45) is 0.227. The first-order valence-electron chi connectivity index (χ1n) is 7.59. The second-order valence-electron chi connectivity index (χ2n) is 6.72. The second-order valence-corrected chi connectivity index (χ2v) is 6.72. The molecule has 0 unspecified atom stereocenters. The molecule has 0 aliphatic carbocycles. The van der Waals surface area contributed by atoms with Gasteiger partial charge in [0.2, 0.25) is 11.8 Å². The molecule has 1 aromatic carbocycles. The number of carboxylic acids is 1. The van der Waals surface area contributed by atoms with Crippen LogP contribution >= 0.6 is 0 Å². The standard InChI is InChI=1S/C17H23N2O5/c1-17(2,3)9-12(16(23)24)18-15(22)14(19-13(21)10-20)11-7-5-4-6-8-11/h4-8,12,14H,9-10H2,1-3H3,(H,18,22)(H,19,21)(H,23,24)/t12-,14+/m0/s1. The van der Waals surface area contributed by atoms with Crippen LogP contribution in [0.25, 0.3) is 0 Å². The molecule has 0 spiro atoms. The van der Waals surface area contributed by atoms with Crippen LogP contribution in [-0.2, 0) is 19.5 Å². The van der Waals surface area contributed by atoms with Crippen molar-refractivity contribution in [2.24, 2.45) is 5.41 Å². The molecule has 2 atom stereocenters. The molecule has 24 heavy (non-hydrogen) atoms. The van der Waals surface area contributed by atoms with Crippen molar-refractivity contribution in [2.75, 3.05) is 6.61 Å². The minimum atomic E-state index is -1.15. The van der Waals surface area contributed by atoms with E-state index in [1.165, 1.54) is 0 Å². The summed E-state index contributed by atoms with van der Waals surface area (Å²) in [6, 6.07) is 6.14. The maximum absolute atomic E-state index is 12.5. The normalized spacial score (nSPS) is 13.7. The Morgan fingerprint density at radius 3 is 2.12 bits per heavy atom. The summed E-state index contributed by atoms with van der Waals surface area (Å²) in [7, 11) is 0. The fourth-order valence-electron chi connectivity index (χ4n) is 2.22. The lowest BCUT2D eigenvalue weighted by atomic mass is 9.88. The lowest BCUT2D eigenvalue weighted by molar-refractivity contribution is -0.143. The minimum Gasteiger partial charge on any atom is -0.480 e. The molecule has 0 aliphatic heterocycles. The van der Waals surface area contributed by atoms with E-state index >= 15 is 0 Å². The van der Waals surface area contributed by atoms with Gasteiger partial charge in [0.15, 0.2) is 6.61 Å². The van der Waals surface area contributed by atoms with Crippen LogP contribution in [0.2, 0.25) is 0 Å². The molecule has 0 saturated heterocycles. The van der Waals surface area contributed by atoms with E-state index in [1.54, 1.807) is 30.3 Å². The monoisotopic (exact) mass is 335 g/mol. The molecule has 1 radical (unpaired) electrons. The van der Waals surface area contributed by atoms with Crippen LogP contribution in [0, 0.1) is 5.41 Å². The van der Waals surface area contributed by atoms with Crippen molar-refractivity contribution in [1.82, 2.24) is 10.6 Å². The number of nitrogens with one attached hydrogen (secondary N) is 2. The van der Waals surface area contributed by atoms with Crippen LogP contribution in [0.3, 0.4) is 0 Å². The molecule has 2 amide bonds. The number of amides is 2. The van der Waals surface area contributed by atoms with Crippen LogP contribution in [-0.4, -0.2) is 35.5 Å². The Labute approximate surface area is 141 Å². The van der Waals surface area contributed by atoms with Gasteiger partial charge in [-0.15, -0.1) is 0 Å². The minimum absolute atomic E-state index is 0.227. The third-order valence-corrected chi connectivity index (χ3v) is 3.26. The van der Waals surface area contributed by atoms with E-state index in [-0.39, 0.29) is 11.8 Å². The second kappa shape index (κ2) is 8.44. The number of carboxylic acid groups (broad SMARTS) is 1. The number of rotatable bonds is 7. The van der Waals surface area contributed by atoms with Gasteiger partial charge in [-0.3, -0.25) is 9.59 Å². The molecule has 1 aromatic rings. The van der Waals surface area contributed by atoms with Gasteiger partial charge in [0, 0.05) is 0 Å². The van der Waals surface area contributed by atoms with E-state index in [0.717, 1.165) is 0 Å². The van der Waals surface area contributed by atoms with Crippen molar-refractivity contribution in [3.8, 4) is 0 Å². The highest BCUT2D eigenvalue weighted by molar-refractivity contribution is 5.91. The van der Waals surface area contributed by atoms with Gasteiger partial charge in [0.1, 0.15) is 12.1 Å². The first-order valence-corrected chi connectivity index (χ1v) is 7.59. The highest BCUT2D eigenvalue weighted by atomic mass is 16.4. The Hall–Kier alpha value is -2.41. The number of hydrogen-bond acceptors (Lipinski definition) is 3. The van der Waals surface area contributed by atoms with Gasteiger partial charge >= 0.3 is 5.97 Å². The SMILES string of the molecule is CC(C)(C)C[C@H](NC(=O)[C@H](NC(=O)C[O])c1ccccc1)C(=O)O. The molecular weight excluding hydrogens is 312 g/mol. The van der Waals surface area contributed by atoms with Crippen molar-refractivity contribution >= 4 is 17.8 Å². The van der Waals surface area contributed by atoms with Gasteiger partial charge in [0.25, 0.3) is 0 Å². The predicted molar refractivity (Wildman–Crippen MR) is 86.5 cm³/mol. The van der Waals surface area contributed by atoms with E-state index in [0.29, 0.717) is 5.56 Å². The first kappa shape index (κ1) is 19.6. The van der Waals surface area contributed by atoms with Gasteiger partial charge in [-0.25, -0.2) is 9.90 Å². The van der Waals surface area contributed by atoms with E-state index in [4.69, 9.17) is 0 Å². The fourth-order valence-corrected chi connectivity index (χ4v) is 2.22. The van der Waals surface area contributed by atoms with E-state index < -0.39 is 36.5 Å². The third kappa shape index (κ3) is 6.37. The van der Waals surface area contributed by atoms with Crippen molar-refractivity contribution < 1.29 is 24.6 Å². The molecule has 3 N–H and O–H groups in total. The summed E-state index contributed by atoms with van der Waals surface area (Å²) in [5.74, 6) is -2.65. The number of benzene rings is 1. The first-order chi connectivity index (χ1) is 11.1. The summed E-state index contributed by atoms with van der Waals surface area (Å²) in [6.45, 7) is 4.58. The zero-order valence-corrected chi connectivity index (χ0v) is 14.0. The van der Waals surface area contributed by atoms with Crippen molar-refractivity contribution in [3.63, 3.8) is 0 Å². The van der Waals surface area contributed by atoms with Crippen LogP contribution in [0.1, 0.15) is 38.8 Å². The molecule has 7 heteroatoms. The zero-order chi connectivity index (χ0) is 18.3. The largest absolute Gasteiger partial charge is 0.480 e. The Balaban J connectivity index is 2.98. The molecular formula is C17H23N2O5. The number of aliphatic carboxylic acids is 1. The molecule has 0 aliphatic rings. The average molecular weight is 335 g/mol. The quantitative estimate of drug-likeness (QED) is 0.696. The fraction of sp³-hybridized carbons (Fsp3) is 0.471. The molecule has 131 valence electrons. The van der Waals surface area contributed by atoms with Crippen LogP contribution in [0.4, 0.5) is 0 Å². The Morgan fingerprint density at radius 2 is 1.67 bits per heavy atom. The molecule has 1 rings (SSSR count). The van der Waals surface area contributed by atoms with E-state index in [1.807, 2.05) is 20.8 Å². The Morgan fingerprint density at radius 1 is 1.08 bits per heavy atom. The molecule has 0 bridgehead atoms. The summed E-state index contributed by atoms with van der Waals surface area (Å²) in [4.78, 5) is 35.3. The molecule has 0 fully saturated rings.